The van der Waals surface area contributed by atoms with Crippen LogP contribution in [0.5, 0.6) is 0 Å². The van der Waals surface area contributed by atoms with Gasteiger partial charge in [0.15, 0.2) is 0 Å². The lowest BCUT2D eigenvalue weighted by molar-refractivity contribution is 0.0698. The molecule has 1 aliphatic heterocycles. The van der Waals surface area contributed by atoms with Crippen LogP contribution in [0.2, 0.25) is 10.0 Å². The number of nitrogens with zero attached hydrogens (tertiary/aromatic N) is 2. The second kappa shape index (κ2) is 7.01. The van der Waals surface area contributed by atoms with Crippen molar-refractivity contribution in [3.8, 4) is 0 Å². The summed E-state index contributed by atoms with van der Waals surface area (Å²) in [6.07, 6.45) is 0. The fourth-order valence-electron chi connectivity index (χ4n) is 2.53. The lowest BCUT2D eigenvalue weighted by atomic mass is 10.2. The van der Waals surface area contributed by atoms with Gasteiger partial charge in [-0.05, 0) is 29.6 Å². The molecule has 0 N–H and O–H groups in total. The van der Waals surface area contributed by atoms with Crippen LogP contribution in [0.4, 0.5) is 0 Å². The van der Waals surface area contributed by atoms with E-state index in [4.69, 9.17) is 23.2 Å². The minimum atomic E-state index is -3.47. The third-order valence-corrected chi connectivity index (χ3v) is 7.43. The summed E-state index contributed by atoms with van der Waals surface area (Å²) in [7, 11) is -3.47. The predicted octanol–water partition coefficient (Wildman–Crippen LogP) is 3.20. The molecule has 24 heavy (non-hydrogen) atoms. The van der Waals surface area contributed by atoms with E-state index in [1.807, 2.05) is 0 Å². The standard InChI is InChI=1S/C15H14Cl2N2O3S2/c16-12-8-11(9-13(17)10-12)15(20)18-3-5-19(6-4-18)24(21,22)14-2-1-7-23-14/h1-2,7-10H,3-6H2. The largest absolute Gasteiger partial charge is 0.336 e. The van der Waals surface area contributed by atoms with E-state index in [0.29, 0.717) is 32.9 Å². The minimum absolute atomic E-state index is 0.201. The molecule has 2 heterocycles. The number of thiophene rings is 1. The van der Waals surface area contributed by atoms with Crippen molar-refractivity contribution in [2.24, 2.45) is 0 Å². The van der Waals surface area contributed by atoms with Crippen molar-refractivity contribution in [1.29, 1.82) is 0 Å². The Morgan fingerprint density at radius 1 is 1.04 bits per heavy atom. The second-order valence-corrected chi connectivity index (χ2v) is 9.27. The molecule has 1 fully saturated rings. The molecule has 0 saturated carbocycles. The number of amides is 1. The van der Waals surface area contributed by atoms with Crippen LogP contribution < -0.4 is 0 Å². The van der Waals surface area contributed by atoms with Gasteiger partial charge in [0.1, 0.15) is 4.21 Å². The Balaban J connectivity index is 1.70. The van der Waals surface area contributed by atoms with Gasteiger partial charge in [-0.2, -0.15) is 4.31 Å². The van der Waals surface area contributed by atoms with Crippen LogP contribution in [0.1, 0.15) is 10.4 Å². The summed E-state index contributed by atoms with van der Waals surface area (Å²) in [5, 5.41) is 2.52. The molecule has 9 heteroatoms. The number of carbonyl (C=O) groups is 1. The summed E-state index contributed by atoms with van der Waals surface area (Å²) in [5.41, 5.74) is 0.405. The van der Waals surface area contributed by atoms with Gasteiger partial charge in [0.25, 0.3) is 15.9 Å². The number of carbonyl (C=O) groups excluding carboxylic acids is 1. The van der Waals surface area contributed by atoms with Gasteiger partial charge in [0, 0.05) is 41.8 Å². The van der Waals surface area contributed by atoms with E-state index in [0.717, 1.165) is 0 Å². The van der Waals surface area contributed by atoms with E-state index in [2.05, 4.69) is 0 Å². The maximum atomic E-state index is 12.5. The van der Waals surface area contributed by atoms with Gasteiger partial charge in [0.05, 0.1) is 0 Å². The van der Waals surface area contributed by atoms with Crippen LogP contribution >= 0.6 is 34.5 Å². The first-order chi connectivity index (χ1) is 11.4. The Morgan fingerprint density at radius 3 is 2.21 bits per heavy atom. The first-order valence-electron chi connectivity index (χ1n) is 7.17. The van der Waals surface area contributed by atoms with Gasteiger partial charge >= 0.3 is 0 Å². The number of rotatable bonds is 3. The van der Waals surface area contributed by atoms with E-state index in [-0.39, 0.29) is 19.0 Å². The quantitative estimate of drug-likeness (QED) is 0.788. The molecular weight excluding hydrogens is 391 g/mol. The summed E-state index contributed by atoms with van der Waals surface area (Å²) < 4.78 is 26.7. The van der Waals surface area contributed by atoms with E-state index in [1.165, 1.54) is 15.6 Å². The topological polar surface area (TPSA) is 57.7 Å². The van der Waals surface area contributed by atoms with Gasteiger partial charge in [-0.15, -0.1) is 11.3 Å². The zero-order chi connectivity index (χ0) is 17.3. The third kappa shape index (κ3) is 3.60. The highest BCUT2D eigenvalue weighted by molar-refractivity contribution is 7.91. The van der Waals surface area contributed by atoms with Gasteiger partial charge in [-0.25, -0.2) is 8.42 Å². The average Bonchev–Trinajstić information content (AvgIpc) is 3.08. The minimum Gasteiger partial charge on any atom is -0.336 e. The molecule has 0 bridgehead atoms. The first kappa shape index (κ1) is 17.7. The molecule has 128 valence electrons. The maximum Gasteiger partial charge on any atom is 0.254 e. The van der Waals surface area contributed by atoms with Crippen LogP contribution in [0.15, 0.2) is 39.9 Å². The fraction of sp³-hybridized carbons (Fsp3) is 0.267. The number of halogens is 2. The molecule has 1 aromatic heterocycles. The number of piperazine rings is 1. The van der Waals surface area contributed by atoms with Crippen molar-refractivity contribution >= 4 is 50.5 Å². The zero-order valence-corrected chi connectivity index (χ0v) is 15.6. The highest BCUT2D eigenvalue weighted by Crippen LogP contribution is 2.24. The van der Waals surface area contributed by atoms with Crippen LogP contribution in [-0.2, 0) is 10.0 Å². The number of hydrogen-bond donors (Lipinski definition) is 0. The Hall–Kier alpha value is -1.12. The molecule has 0 atom stereocenters. The Labute approximate surface area is 154 Å². The lowest BCUT2D eigenvalue weighted by Crippen LogP contribution is -2.50. The number of benzene rings is 1. The highest BCUT2D eigenvalue weighted by Gasteiger charge is 2.31. The summed E-state index contributed by atoms with van der Waals surface area (Å²) >= 11 is 13.1. The predicted molar refractivity (Wildman–Crippen MR) is 95.4 cm³/mol. The smallest absolute Gasteiger partial charge is 0.254 e. The van der Waals surface area contributed by atoms with Crippen molar-refractivity contribution in [2.45, 2.75) is 4.21 Å². The lowest BCUT2D eigenvalue weighted by Gasteiger charge is -2.33. The van der Waals surface area contributed by atoms with Crippen molar-refractivity contribution in [3.63, 3.8) is 0 Å². The fourth-order valence-corrected chi connectivity index (χ4v) is 5.62. The molecular formula is C15H14Cl2N2O3S2. The van der Waals surface area contributed by atoms with Gasteiger partial charge in [-0.3, -0.25) is 4.79 Å². The maximum absolute atomic E-state index is 12.5. The highest BCUT2D eigenvalue weighted by atomic mass is 35.5. The van der Waals surface area contributed by atoms with Crippen molar-refractivity contribution in [2.75, 3.05) is 26.2 Å². The Kier molecular flexibility index (Phi) is 5.17. The van der Waals surface area contributed by atoms with E-state index >= 15 is 0 Å². The molecule has 0 radical (unpaired) electrons. The number of hydrogen-bond acceptors (Lipinski definition) is 4. The summed E-state index contributed by atoms with van der Waals surface area (Å²) in [6, 6.07) is 7.98. The van der Waals surface area contributed by atoms with E-state index in [1.54, 1.807) is 40.6 Å². The van der Waals surface area contributed by atoms with Gasteiger partial charge in [-0.1, -0.05) is 29.3 Å². The van der Waals surface area contributed by atoms with Crippen molar-refractivity contribution in [3.05, 3.63) is 51.3 Å². The van der Waals surface area contributed by atoms with Crippen LogP contribution in [0, 0.1) is 0 Å². The summed E-state index contributed by atoms with van der Waals surface area (Å²) in [6.45, 7) is 1.18. The van der Waals surface area contributed by atoms with Crippen LogP contribution in [0.25, 0.3) is 0 Å². The molecule has 0 spiro atoms. The summed E-state index contributed by atoms with van der Waals surface area (Å²) in [4.78, 5) is 14.1. The SMILES string of the molecule is O=C(c1cc(Cl)cc(Cl)c1)N1CCN(S(=O)(=O)c2cccs2)CC1. The molecule has 0 unspecified atom stereocenters. The van der Waals surface area contributed by atoms with Crippen molar-refractivity contribution in [1.82, 2.24) is 9.21 Å². The van der Waals surface area contributed by atoms with E-state index in [9.17, 15) is 13.2 Å². The molecule has 0 aliphatic carbocycles. The monoisotopic (exact) mass is 404 g/mol. The van der Waals surface area contributed by atoms with Gasteiger partial charge in [0.2, 0.25) is 0 Å². The molecule has 1 aliphatic rings. The normalized spacial score (nSPS) is 16.3. The first-order valence-corrected chi connectivity index (χ1v) is 10.2. The van der Waals surface area contributed by atoms with Crippen molar-refractivity contribution < 1.29 is 13.2 Å². The zero-order valence-electron chi connectivity index (χ0n) is 12.5. The van der Waals surface area contributed by atoms with Crippen LogP contribution in [-0.4, -0.2) is 49.7 Å². The second-order valence-electron chi connectivity index (χ2n) is 5.29. The average molecular weight is 405 g/mol. The molecule has 2 aromatic rings. The van der Waals surface area contributed by atoms with Gasteiger partial charge < -0.3 is 4.90 Å². The van der Waals surface area contributed by atoms with Crippen LogP contribution in [0.3, 0.4) is 0 Å². The molecule has 5 nitrogen and oxygen atoms in total. The Morgan fingerprint density at radius 2 is 1.67 bits per heavy atom. The van der Waals surface area contributed by atoms with E-state index < -0.39 is 10.0 Å². The molecule has 1 saturated heterocycles. The Bertz CT molecular complexity index is 825. The molecule has 1 amide bonds. The molecule has 3 rings (SSSR count). The number of sulfonamides is 1. The molecule has 1 aromatic carbocycles. The summed E-state index contributed by atoms with van der Waals surface area (Å²) in [5.74, 6) is -0.201. The third-order valence-electron chi connectivity index (χ3n) is 3.72.